The van der Waals surface area contributed by atoms with E-state index in [0.29, 0.717) is 5.84 Å². The van der Waals surface area contributed by atoms with Crippen LogP contribution in [0.4, 0.5) is 0 Å². The van der Waals surface area contributed by atoms with Crippen molar-refractivity contribution in [3.05, 3.63) is 0 Å². The van der Waals surface area contributed by atoms with Gasteiger partial charge in [0.15, 0.2) is 0 Å². The van der Waals surface area contributed by atoms with E-state index in [1.54, 1.807) is 0 Å². The molecule has 1 spiro atoms. The van der Waals surface area contributed by atoms with Crippen LogP contribution in [0.3, 0.4) is 0 Å². The van der Waals surface area contributed by atoms with Crippen molar-refractivity contribution in [3.63, 3.8) is 0 Å². The Balaban J connectivity index is 1.99. The summed E-state index contributed by atoms with van der Waals surface area (Å²) in [6.07, 6.45) is 5.36. The van der Waals surface area contributed by atoms with E-state index >= 15 is 0 Å². The number of rotatable bonds is 1. The molecule has 13 heavy (non-hydrogen) atoms. The van der Waals surface area contributed by atoms with Crippen LogP contribution in [0, 0.1) is 5.92 Å². The second-order valence-corrected chi connectivity index (χ2v) is 4.10. The molecule has 1 saturated carbocycles. The maximum absolute atomic E-state index is 8.57. The summed E-state index contributed by atoms with van der Waals surface area (Å²) in [5.41, 5.74) is 5.67. The van der Waals surface area contributed by atoms with E-state index in [4.69, 9.17) is 15.7 Å². The van der Waals surface area contributed by atoms with Gasteiger partial charge in [-0.05, 0) is 32.1 Å². The van der Waals surface area contributed by atoms with Crippen molar-refractivity contribution in [2.45, 2.75) is 37.7 Å². The van der Waals surface area contributed by atoms with Gasteiger partial charge in [0, 0.05) is 12.5 Å². The van der Waals surface area contributed by atoms with Gasteiger partial charge in [-0.3, -0.25) is 0 Å². The summed E-state index contributed by atoms with van der Waals surface area (Å²) in [6, 6.07) is 0. The van der Waals surface area contributed by atoms with Gasteiger partial charge in [-0.1, -0.05) is 5.16 Å². The van der Waals surface area contributed by atoms with Crippen molar-refractivity contribution < 1.29 is 9.94 Å². The Labute approximate surface area is 77.7 Å². The second-order valence-electron chi connectivity index (χ2n) is 4.10. The van der Waals surface area contributed by atoms with E-state index in [2.05, 4.69) is 5.16 Å². The smallest absolute Gasteiger partial charge is 0.142 e. The number of hydrogen-bond acceptors (Lipinski definition) is 3. The van der Waals surface area contributed by atoms with E-state index in [1.807, 2.05) is 0 Å². The van der Waals surface area contributed by atoms with E-state index < -0.39 is 0 Å². The molecule has 1 aliphatic heterocycles. The Hall–Kier alpha value is -0.770. The molecule has 0 aromatic heterocycles. The Morgan fingerprint density at radius 1 is 1.54 bits per heavy atom. The number of hydrogen-bond donors (Lipinski definition) is 2. The van der Waals surface area contributed by atoms with Crippen molar-refractivity contribution in [3.8, 4) is 0 Å². The minimum Gasteiger partial charge on any atom is -0.409 e. The number of amidine groups is 1. The molecule has 2 rings (SSSR count). The first-order valence-electron chi connectivity index (χ1n) is 4.87. The average molecular weight is 184 g/mol. The normalized spacial score (nSPS) is 32.9. The van der Waals surface area contributed by atoms with Crippen LogP contribution in [0.5, 0.6) is 0 Å². The molecule has 2 fully saturated rings. The van der Waals surface area contributed by atoms with Gasteiger partial charge in [0.2, 0.25) is 0 Å². The summed E-state index contributed by atoms with van der Waals surface area (Å²) in [6.45, 7) is 0.751. The van der Waals surface area contributed by atoms with Crippen LogP contribution in [-0.4, -0.2) is 23.3 Å². The second kappa shape index (κ2) is 3.18. The zero-order chi connectivity index (χ0) is 9.31. The van der Waals surface area contributed by atoms with Gasteiger partial charge in [-0.25, -0.2) is 0 Å². The maximum atomic E-state index is 8.57. The Kier molecular flexibility index (Phi) is 2.15. The van der Waals surface area contributed by atoms with Crippen molar-refractivity contribution >= 4 is 5.84 Å². The lowest BCUT2D eigenvalue weighted by molar-refractivity contribution is -0.135. The molecule has 1 unspecified atom stereocenters. The summed E-state index contributed by atoms with van der Waals surface area (Å²) in [5.74, 6) is 0.591. The molecule has 0 aromatic rings. The lowest BCUT2D eigenvalue weighted by Crippen LogP contribution is -2.48. The Morgan fingerprint density at radius 2 is 2.31 bits per heavy atom. The summed E-state index contributed by atoms with van der Waals surface area (Å²) < 4.78 is 5.73. The number of nitrogens with two attached hydrogens (primary N) is 1. The van der Waals surface area contributed by atoms with Crippen molar-refractivity contribution in [2.24, 2.45) is 16.8 Å². The third kappa shape index (κ3) is 1.50. The molecule has 4 nitrogen and oxygen atoms in total. The molecule has 1 saturated heterocycles. The van der Waals surface area contributed by atoms with Crippen molar-refractivity contribution in [2.75, 3.05) is 6.61 Å². The number of ether oxygens (including phenoxy) is 1. The van der Waals surface area contributed by atoms with Crippen LogP contribution >= 0.6 is 0 Å². The first-order valence-corrected chi connectivity index (χ1v) is 4.87. The molecule has 0 radical (unpaired) electrons. The Bertz CT molecular complexity index is 224. The minimum atomic E-state index is 0.0816. The fourth-order valence-corrected chi connectivity index (χ4v) is 2.28. The highest BCUT2D eigenvalue weighted by molar-refractivity contribution is 5.82. The zero-order valence-electron chi connectivity index (χ0n) is 7.70. The first-order chi connectivity index (χ1) is 6.26. The van der Waals surface area contributed by atoms with Crippen LogP contribution < -0.4 is 5.73 Å². The van der Waals surface area contributed by atoms with Gasteiger partial charge in [-0.2, -0.15) is 0 Å². The molecule has 1 heterocycles. The van der Waals surface area contributed by atoms with Crippen LogP contribution in [0.15, 0.2) is 5.16 Å². The molecule has 0 amide bonds. The van der Waals surface area contributed by atoms with Crippen LogP contribution in [0.25, 0.3) is 0 Å². The van der Waals surface area contributed by atoms with E-state index in [9.17, 15) is 0 Å². The van der Waals surface area contributed by atoms with Crippen molar-refractivity contribution in [1.29, 1.82) is 0 Å². The highest BCUT2D eigenvalue weighted by Gasteiger charge is 2.43. The first kappa shape index (κ1) is 8.81. The standard InChI is InChI=1S/C9H16N2O2/c10-8(11-12)7-2-5-13-9(6-7)3-1-4-9/h7,12H,1-6H2,(H2,10,11). The maximum Gasteiger partial charge on any atom is 0.142 e. The van der Waals surface area contributed by atoms with Gasteiger partial charge in [0.25, 0.3) is 0 Å². The van der Waals surface area contributed by atoms with Gasteiger partial charge >= 0.3 is 0 Å². The zero-order valence-corrected chi connectivity index (χ0v) is 7.70. The highest BCUT2D eigenvalue weighted by Crippen LogP contribution is 2.44. The van der Waals surface area contributed by atoms with E-state index in [-0.39, 0.29) is 11.5 Å². The third-order valence-electron chi connectivity index (χ3n) is 3.29. The van der Waals surface area contributed by atoms with Gasteiger partial charge in [0.1, 0.15) is 5.84 Å². The SMILES string of the molecule is N/C(=N\O)C1CCOC2(CCC2)C1. The van der Waals surface area contributed by atoms with Gasteiger partial charge in [-0.15, -0.1) is 0 Å². The summed E-state index contributed by atoms with van der Waals surface area (Å²) >= 11 is 0. The largest absolute Gasteiger partial charge is 0.409 e. The summed E-state index contributed by atoms with van der Waals surface area (Å²) in [4.78, 5) is 0. The molecule has 3 N–H and O–H groups in total. The number of oxime groups is 1. The van der Waals surface area contributed by atoms with Crippen LogP contribution in [0.2, 0.25) is 0 Å². The molecular formula is C9H16N2O2. The van der Waals surface area contributed by atoms with E-state index in [0.717, 1.165) is 32.3 Å². The monoisotopic (exact) mass is 184 g/mol. The van der Waals surface area contributed by atoms with Crippen molar-refractivity contribution in [1.82, 2.24) is 0 Å². The summed E-state index contributed by atoms with van der Waals surface area (Å²) in [5, 5.41) is 11.6. The highest BCUT2D eigenvalue weighted by atomic mass is 16.5. The topological polar surface area (TPSA) is 67.8 Å². The molecule has 74 valence electrons. The summed E-state index contributed by atoms with van der Waals surface area (Å²) in [7, 11) is 0. The predicted octanol–water partition coefficient (Wildman–Crippen LogP) is 1.08. The third-order valence-corrected chi connectivity index (χ3v) is 3.29. The molecular weight excluding hydrogens is 168 g/mol. The quantitative estimate of drug-likeness (QED) is 0.277. The van der Waals surface area contributed by atoms with Crippen LogP contribution in [-0.2, 0) is 4.74 Å². The molecule has 1 aliphatic carbocycles. The fraction of sp³-hybridized carbons (Fsp3) is 0.889. The lowest BCUT2D eigenvalue weighted by atomic mass is 9.72. The molecule has 4 heteroatoms. The van der Waals surface area contributed by atoms with Crippen LogP contribution in [0.1, 0.15) is 32.1 Å². The molecule has 1 atom stereocenters. The predicted molar refractivity (Wildman–Crippen MR) is 48.7 cm³/mol. The molecule has 0 bridgehead atoms. The average Bonchev–Trinajstić information content (AvgIpc) is 2.14. The van der Waals surface area contributed by atoms with E-state index in [1.165, 1.54) is 6.42 Å². The lowest BCUT2D eigenvalue weighted by Gasteiger charge is -2.46. The minimum absolute atomic E-state index is 0.0816. The van der Waals surface area contributed by atoms with Gasteiger partial charge < -0.3 is 15.7 Å². The number of nitrogens with zero attached hydrogens (tertiary/aromatic N) is 1. The molecule has 2 aliphatic rings. The Morgan fingerprint density at radius 3 is 2.85 bits per heavy atom. The molecule has 0 aromatic carbocycles. The van der Waals surface area contributed by atoms with Gasteiger partial charge in [0.05, 0.1) is 5.60 Å². The fourth-order valence-electron chi connectivity index (χ4n) is 2.28.